The Labute approximate surface area is 327 Å². The van der Waals surface area contributed by atoms with Crippen LogP contribution >= 0.6 is 11.3 Å². The second-order valence-electron chi connectivity index (χ2n) is 14.0. The molecule has 262 valence electrons. The largest absolute Gasteiger partial charge is 0.309 e. The monoisotopic (exact) mass is 732 g/mol. The average molecular weight is 733 g/mol. The molecule has 0 spiro atoms. The van der Waals surface area contributed by atoms with Crippen molar-refractivity contribution in [3.8, 4) is 62.1 Å². The smallest absolute Gasteiger partial charge is 0.164 e. The quantitative estimate of drug-likeness (QED) is 0.171. The highest BCUT2D eigenvalue weighted by Gasteiger charge is 2.19. The first-order valence-electron chi connectivity index (χ1n) is 18.8. The van der Waals surface area contributed by atoms with Crippen molar-refractivity contribution in [1.29, 1.82) is 0 Å². The topological polar surface area (TPSA) is 43.6 Å². The average Bonchev–Trinajstić information content (AvgIpc) is 3.82. The molecule has 0 aliphatic carbocycles. The Morgan fingerprint density at radius 1 is 0.339 bits per heavy atom. The molecule has 11 aromatic rings. The van der Waals surface area contributed by atoms with E-state index >= 15 is 0 Å². The van der Waals surface area contributed by atoms with Crippen molar-refractivity contribution in [3.05, 3.63) is 194 Å². The Bertz CT molecular complexity index is 3240. The van der Waals surface area contributed by atoms with E-state index in [9.17, 15) is 0 Å². The van der Waals surface area contributed by atoms with Crippen LogP contribution in [0.15, 0.2) is 194 Å². The second kappa shape index (κ2) is 13.3. The number of hydrogen-bond acceptors (Lipinski definition) is 4. The van der Waals surface area contributed by atoms with Crippen LogP contribution in [0.5, 0.6) is 0 Å². The van der Waals surface area contributed by atoms with Crippen molar-refractivity contribution in [2.24, 2.45) is 0 Å². The zero-order valence-corrected chi connectivity index (χ0v) is 31.0. The molecular weight excluding hydrogens is 701 g/mol. The van der Waals surface area contributed by atoms with Gasteiger partial charge in [-0.1, -0.05) is 140 Å². The maximum atomic E-state index is 5.22. The predicted octanol–water partition coefficient (Wildman–Crippen LogP) is 13.7. The third-order valence-electron chi connectivity index (χ3n) is 10.7. The van der Waals surface area contributed by atoms with E-state index in [1.54, 1.807) is 11.3 Å². The van der Waals surface area contributed by atoms with E-state index in [0.717, 1.165) is 38.9 Å². The van der Waals surface area contributed by atoms with E-state index in [1.165, 1.54) is 47.7 Å². The van der Waals surface area contributed by atoms with Gasteiger partial charge in [0.05, 0.1) is 11.0 Å². The SMILES string of the molecule is c1ccc(-c2cccc(-c3nc(-c4ccccc4)nc(-c4cccc5sc6ccc(-c7ccc8c(c7)c7ccccc7n8-c7ccccc7)cc6c45)n3)c2)cc1. The van der Waals surface area contributed by atoms with Crippen molar-refractivity contribution < 1.29 is 0 Å². The zero-order valence-electron chi connectivity index (χ0n) is 30.2. The summed E-state index contributed by atoms with van der Waals surface area (Å²) in [4.78, 5) is 15.5. The zero-order chi connectivity index (χ0) is 37.0. The van der Waals surface area contributed by atoms with Gasteiger partial charge in [0.25, 0.3) is 0 Å². The Balaban J connectivity index is 1.08. The lowest BCUT2D eigenvalue weighted by Crippen LogP contribution is -2.00. The van der Waals surface area contributed by atoms with E-state index in [-0.39, 0.29) is 0 Å². The van der Waals surface area contributed by atoms with Crippen LogP contribution in [0.1, 0.15) is 0 Å². The molecule has 56 heavy (non-hydrogen) atoms. The summed E-state index contributed by atoms with van der Waals surface area (Å²) in [5, 5.41) is 4.83. The molecule has 0 aliphatic heterocycles. The van der Waals surface area contributed by atoms with Gasteiger partial charge in [-0.2, -0.15) is 0 Å². The van der Waals surface area contributed by atoms with Crippen LogP contribution < -0.4 is 0 Å². The third kappa shape index (κ3) is 5.48. The van der Waals surface area contributed by atoms with Crippen LogP contribution in [0.25, 0.3) is 104 Å². The molecular formula is C51H32N4S. The van der Waals surface area contributed by atoms with Crippen molar-refractivity contribution in [2.75, 3.05) is 0 Å². The number of nitrogens with zero attached hydrogens (tertiary/aromatic N) is 4. The molecule has 3 heterocycles. The molecule has 8 aromatic carbocycles. The van der Waals surface area contributed by atoms with Gasteiger partial charge in [-0.15, -0.1) is 11.3 Å². The number of hydrogen-bond donors (Lipinski definition) is 0. The van der Waals surface area contributed by atoms with Gasteiger partial charge in [0.15, 0.2) is 17.5 Å². The number of fused-ring (bicyclic) bond motifs is 6. The van der Waals surface area contributed by atoms with Gasteiger partial charge in [-0.25, -0.2) is 15.0 Å². The first kappa shape index (κ1) is 32.2. The maximum absolute atomic E-state index is 5.22. The highest BCUT2D eigenvalue weighted by Crippen LogP contribution is 2.42. The van der Waals surface area contributed by atoms with Crippen LogP contribution in [-0.2, 0) is 0 Å². The predicted molar refractivity (Wildman–Crippen MR) is 234 cm³/mol. The van der Waals surface area contributed by atoms with Crippen LogP contribution in [0.3, 0.4) is 0 Å². The fourth-order valence-electron chi connectivity index (χ4n) is 8.01. The minimum Gasteiger partial charge on any atom is -0.309 e. The van der Waals surface area contributed by atoms with Gasteiger partial charge in [-0.3, -0.25) is 0 Å². The highest BCUT2D eigenvalue weighted by molar-refractivity contribution is 7.26. The van der Waals surface area contributed by atoms with Crippen molar-refractivity contribution in [1.82, 2.24) is 19.5 Å². The molecule has 0 unspecified atom stereocenters. The minimum atomic E-state index is 0.645. The lowest BCUT2D eigenvalue weighted by atomic mass is 9.99. The van der Waals surface area contributed by atoms with Gasteiger partial charge in [0.1, 0.15) is 0 Å². The minimum absolute atomic E-state index is 0.645. The molecule has 0 aliphatic rings. The summed E-state index contributed by atoms with van der Waals surface area (Å²) < 4.78 is 4.79. The van der Waals surface area contributed by atoms with Crippen LogP contribution in [-0.4, -0.2) is 19.5 Å². The molecule has 11 rings (SSSR count). The Hall–Kier alpha value is -7.21. The summed E-state index contributed by atoms with van der Waals surface area (Å²) in [6.45, 7) is 0. The van der Waals surface area contributed by atoms with Gasteiger partial charge in [-0.05, 0) is 76.9 Å². The van der Waals surface area contributed by atoms with Gasteiger partial charge >= 0.3 is 0 Å². The number of rotatable bonds is 6. The van der Waals surface area contributed by atoms with Gasteiger partial charge in [0, 0.05) is 53.3 Å². The first-order chi connectivity index (χ1) is 27.7. The van der Waals surface area contributed by atoms with Crippen LogP contribution in [0, 0.1) is 0 Å². The molecule has 4 nitrogen and oxygen atoms in total. The summed E-state index contributed by atoms with van der Waals surface area (Å²) in [6.07, 6.45) is 0. The summed E-state index contributed by atoms with van der Waals surface area (Å²) in [5.74, 6) is 1.95. The van der Waals surface area contributed by atoms with Crippen LogP contribution in [0.4, 0.5) is 0 Å². The number of benzene rings is 8. The Morgan fingerprint density at radius 2 is 0.911 bits per heavy atom. The molecule has 5 heteroatoms. The lowest BCUT2D eigenvalue weighted by Gasteiger charge is -2.11. The molecule has 0 bridgehead atoms. The van der Waals surface area contributed by atoms with E-state index in [2.05, 4.69) is 174 Å². The molecule has 0 saturated heterocycles. The highest BCUT2D eigenvalue weighted by atomic mass is 32.1. The molecule has 3 aromatic heterocycles. The Kier molecular flexibility index (Phi) is 7.64. The molecule has 0 fully saturated rings. The lowest BCUT2D eigenvalue weighted by molar-refractivity contribution is 1.08. The van der Waals surface area contributed by atoms with Crippen molar-refractivity contribution in [3.63, 3.8) is 0 Å². The third-order valence-corrected chi connectivity index (χ3v) is 11.8. The molecule has 0 amide bonds. The van der Waals surface area contributed by atoms with E-state index < -0.39 is 0 Å². The Morgan fingerprint density at radius 3 is 1.71 bits per heavy atom. The summed E-state index contributed by atoms with van der Waals surface area (Å²) in [6, 6.07) is 68.6. The van der Waals surface area contributed by atoms with Gasteiger partial charge < -0.3 is 4.57 Å². The number of aromatic nitrogens is 4. The molecule has 0 atom stereocenters. The van der Waals surface area contributed by atoms with E-state index in [1.807, 2.05) is 24.3 Å². The maximum Gasteiger partial charge on any atom is 0.164 e. The normalized spacial score (nSPS) is 11.6. The molecule has 0 N–H and O–H groups in total. The van der Waals surface area contributed by atoms with Gasteiger partial charge in [0.2, 0.25) is 0 Å². The van der Waals surface area contributed by atoms with Crippen LogP contribution in [0.2, 0.25) is 0 Å². The number of para-hydroxylation sites is 2. The summed E-state index contributed by atoms with van der Waals surface area (Å²) >= 11 is 1.81. The van der Waals surface area contributed by atoms with E-state index in [4.69, 9.17) is 15.0 Å². The number of thiophene rings is 1. The fraction of sp³-hybridized carbons (Fsp3) is 0. The van der Waals surface area contributed by atoms with E-state index in [0.29, 0.717) is 17.5 Å². The summed E-state index contributed by atoms with van der Waals surface area (Å²) in [5.41, 5.74) is 11.1. The first-order valence-corrected chi connectivity index (χ1v) is 19.6. The molecule has 0 radical (unpaired) electrons. The van der Waals surface area contributed by atoms with Crippen molar-refractivity contribution in [2.45, 2.75) is 0 Å². The fourth-order valence-corrected chi connectivity index (χ4v) is 9.12. The standard InChI is InChI=1S/C51H32N4S/c1-4-14-33(15-5-1)35-18-12-19-38(30-35)50-52-49(34-16-6-2-7-17-34)53-51(54-50)41-23-13-25-47-48(41)43-32-37(27-29-46(43)56-47)36-26-28-45-42(31-36)40-22-10-11-24-44(40)55(45)39-20-8-3-9-21-39/h1-32H. The molecule has 0 saturated carbocycles. The van der Waals surface area contributed by atoms with Crippen molar-refractivity contribution >= 4 is 53.3 Å². The summed E-state index contributed by atoms with van der Waals surface area (Å²) in [7, 11) is 0. The second-order valence-corrected chi connectivity index (χ2v) is 15.1.